The van der Waals surface area contributed by atoms with Gasteiger partial charge in [-0.15, -0.1) is 0 Å². The summed E-state index contributed by atoms with van der Waals surface area (Å²) in [7, 11) is 0. The molecule has 1 aromatic carbocycles. The number of rotatable bonds is 8. The fourth-order valence-electron chi connectivity index (χ4n) is 2.15. The summed E-state index contributed by atoms with van der Waals surface area (Å²) in [6.45, 7) is 4.24. The van der Waals surface area contributed by atoms with Crippen LogP contribution in [0.5, 0.6) is 0 Å². The van der Waals surface area contributed by atoms with Crippen LogP contribution in [0.1, 0.15) is 36.5 Å². The van der Waals surface area contributed by atoms with E-state index in [1.807, 2.05) is 12.1 Å². The first kappa shape index (κ1) is 15.4. The van der Waals surface area contributed by atoms with Gasteiger partial charge in [-0.2, -0.15) is 0 Å². The highest BCUT2D eigenvalue weighted by molar-refractivity contribution is 6.07. The predicted octanol–water partition coefficient (Wildman–Crippen LogP) is 2.69. The molecule has 0 fully saturated rings. The van der Waals surface area contributed by atoms with E-state index in [0.29, 0.717) is 24.4 Å². The molecule has 0 unspecified atom stereocenters. The number of nitrogens with two attached hydrogens (primary N) is 1. The van der Waals surface area contributed by atoms with Gasteiger partial charge >= 0.3 is 0 Å². The lowest BCUT2D eigenvalue weighted by Crippen LogP contribution is -2.25. The van der Waals surface area contributed by atoms with Gasteiger partial charge < -0.3 is 20.8 Å². The molecular formula is C16H23N3O2. The second kappa shape index (κ2) is 7.69. The number of aromatic nitrogens is 1. The van der Waals surface area contributed by atoms with Gasteiger partial charge in [-0.1, -0.05) is 13.3 Å². The molecule has 1 amide bonds. The summed E-state index contributed by atoms with van der Waals surface area (Å²) in [5.74, 6) is -0.0698. The van der Waals surface area contributed by atoms with Crippen molar-refractivity contribution in [1.29, 1.82) is 0 Å². The Kier molecular flexibility index (Phi) is 5.63. The third-order valence-corrected chi connectivity index (χ3v) is 3.34. The SMILES string of the molecule is CCCCOCCCNC(=O)c1c[nH]c2cc(N)ccc12. The molecule has 0 spiro atoms. The zero-order valence-electron chi connectivity index (χ0n) is 12.4. The lowest BCUT2D eigenvalue weighted by Gasteiger charge is -2.05. The summed E-state index contributed by atoms with van der Waals surface area (Å²) >= 11 is 0. The first-order chi connectivity index (χ1) is 10.2. The first-order valence-electron chi connectivity index (χ1n) is 7.45. The molecule has 114 valence electrons. The highest BCUT2D eigenvalue weighted by Gasteiger charge is 2.11. The van der Waals surface area contributed by atoms with Crippen molar-refractivity contribution >= 4 is 22.5 Å². The average molecular weight is 289 g/mol. The van der Waals surface area contributed by atoms with Gasteiger partial charge in [0.2, 0.25) is 0 Å². The van der Waals surface area contributed by atoms with Crippen LogP contribution in [0.15, 0.2) is 24.4 Å². The number of benzene rings is 1. The predicted molar refractivity (Wildman–Crippen MR) is 85.4 cm³/mol. The van der Waals surface area contributed by atoms with E-state index < -0.39 is 0 Å². The average Bonchev–Trinajstić information content (AvgIpc) is 2.89. The Morgan fingerprint density at radius 2 is 2.14 bits per heavy atom. The molecule has 1 aromatic heterocycles. The fourth-order valence-corrected chi connectivity index (χ4v) is 2.15. The van der Waals surface area contributed by atoms with E-state index in [0.717, 1.165) is 36.8 Å². The summed E-state index contributed by atoms with van der Waals surface area (Å²) in [5, 5.41) is 3.80. The number of hydrogen-bond acceptors (Lipinski definition) is 3. The van der Waals surface area contributed by atoms with Crippen molar-refractivity contribution in [3.63, 3.8) is 0 Å². The summed E-state index contributed by atoms with van der Waals surface area (Å²) in [4.78, 5) is 15.2. The van der Waals surface area contributed by atoms with Crippen LogP contribution in [0.3, 0.4) is 0 Å². The van der Waals surface area contributed by atoms with Crippen molar-refractivity contribution in [3.05, 3.63) is 30.0 Å². The normalized spacial score (nSPS) is 10.9. The molecule has 4 N–H and O–H groups in total. The summed E-state index contributed by atoms with van der Waals surface area (Å²) in [5.41, 5.74) is 7.93. The van der Waals surface area contributed by atoms with E-state index in [-0.39, 0.29) is 5.91 Å². The number of carbonyl (C=O) groups excluding carboxylic acids is 1. The van der Waals surface area contributed by atoms with Gasteiger partial charge in [-0.3, -0.25) is 4.79 Å². The van der Waals surface area contributed by atoms with Gasteiger partial charge in [-0.05, 0) is 31.0 Å². The Morgan fingerprint density at radius 3 is 2.95 bits per heavy atom. The quantitative estimate of drug-likeness (QED) is 0.516. The molecular weight excluding hydrogens is 266 g/mol. The number of fused-ring (bicyclic) bond motifs is 1. The van der Waals surface area contributed by atoms with E-state index in [9.17, 15) is 4.79 Å². The number of ether oxygens (including phenoxy) is 1. The van der Waals surface area contributed by atoms with E-state index >= 15 is 0 Å². The second-order valence-corrected chi connectivity index (χ2v) is 5.08. The number of H-pyrrole nitrogens is 1. The number of hydrogen-bond donors (Lipinski definition) is 3. The maximum atomic E-state index is 12.1. The molecule has 0 aliphatic carbocycles. The summed E-state index contributed by atoms with van der Waals surface area (Å²) in [6.07, 6.45) is 4.77. The van der Waals surface area contributed by atoms with Crippen LogP contribution in [0, 0.1) is 0 Å². The third kappa shape index (κ3) is 4.23. The lowest BCUT2D eigenvalue weighted by atomic mass is 10.1. The molecule has 2 rings (SSSR count). The number of nitrogen functional groups attached to an aromatic ring is 1. The lowest BCUT2D eigenvalue weighted by molar-refractivity contribution is 0.0942. The van der Waals surface area contributed by atoms with Crippen molar-refractivity contribution in [3.8, 4) is 0 Å². The number of unbranched alkanes of at least 4 members (excludes halogenated alkanes) is 1. The molecule has 0 aliphatic rings. The highest BCUT2D eigenvalue weighted by atomic mass is 16.5. The zero-order valence-corrected chi connectivity index (χ0v) is 12.4. The van der Waals surface area contributed by atoms with Gasteiger partial charge in [0.1, 0.15) is 0 Å². The smallest absolute Gasteiger partial charge is 0.253 e. The Balaban J connectivity index is 1.80. The molecule has 0 aliphatic heterocycles. The Labute approximate surface area is 124 Å². The van der Waals surface area contributed by atoms with Crippen LogP contribution in [0.25, 0.3) is 10.9 Å². The van der Waals surface area contributed by atoms with Crippen molar-refractivity contribution in [2.45, 2.75) is 26.2 Å². The van der Waals surface area contributed by atoms with Gasteiger partial charge in [0, 0.05) is 42.5 Å². The third-order valence-electron chi connectivity index (χ3n) is 3.34. The maximum Gasteiger partial charge on any atom is 0.253 e. The zero-order chi connectivity index (χ0) is 15.1. The minimum absolute atomic E-state index is 0.0698. The monoisotopic (exact) mass is 289 g/mol. The Bertz CT molecular complexity index is 592. The van der Waals surface area contributed by atoms with Crippen LogP contribution >= 0.6 is 0 Å². The van der Waals surface area contributed by atoms with Crippen LogP contribution in [-0.4, -0.2) is 30.6 Å². The number of aromatic amines is 1. The highest BCUT2D eigenvalue weighted by Crippen LogP contribution is 2.20. The largest absolute Gasteiger partial charge is 0.399 e. The molecule has 0 saturated carbocycles. The van der Waals surface area contributed by atoms with Gasteiger partial charge in [0.15, 0.2) is 0 Å². The standard InChI is InChI=1S/C16H23N3O2/c1-2-3-8-21-9-4-7-18-16(20)14-11-19-15-10-12(17)5-6-13(14)15/h5-6,10-11,19H,2-4,7-9,17H2,1H3,(H,18,20). The van der Waals surface area contributed by atoms with Crippen LogP contribution in [-0.2, 0) is 4.74 Å². The van der Waals surface area contributed by atoms with E-state index in [4.69, 9.17) is 10.5 Å². The van der Waals surface area contributed by atoms with Gasteiger partial charge in [-0.25, -0.2) is 0 Å². The van der Waals surface area contributed by atoms with Crippen LogP contribution < -0.4 is 11.1 Å². The Hall–Kier alpha value is -2.01. The molecule has 0 atom stereocenters. The van der Waals surface area contributed by atoms with E-state index in [2.05, 4.69) is 17.2 Å². The number of amides is 1. The minimum Gasteiger partial charge on any atom is -0.399 e. The number of anilines is 1. The fraction of sp³-hybridized carbons (Fsp3) is 0.438. The van der Waals surface area contributed by atoms with Crippen molar-refractivity contribution in [2.75, 3.05) is 25.5 Å². The number of nitrogens with one attached hydrogen (secondary N) is 2. The summed E-state index contributed by atoms with van der Waals surface area (Å²) in [6, 6.07) is 5.49. The maximum absolute atomic E-state index is 12.1. The van der Waals surface area contributed by atoms with Crippen molar-refractivity contribution in [2.24, 2.45) is 0 Å². The van der Waals surface area contributed by atoms with Gasteiger partial charge in [0.25, 0.3) is 5.91 Å². The summed E-state index contributed by atoms with van der Waals surface area (Å²) < 4.78 is 5.46. The topological polar surface area (TPSA) is 80.1 Å². The Morgan fingerprint density at radius 1 is 1.33 bits per heavy atom. The second-order valence-electron chi connectivity index (χ2n) is 5.08. The first-order valence-corrected chi connectivity index (χ1v) is 7.45. The van der Waals surface area contributed by atoms with Crippen LogP contribution in [0.4, 0.5) is 5.69 Å². The molecule has 0 bridgehead atoms. The molecule has 2 aromatic rings. The van der Waals surface area contributed by atoms with Gasteiger partial charge in [0.05, 0.1) is 5.56 Å². The minimum atomic E-state index is -0.0698. The molecule has 21 heavy (non-hydrogen) atoms. The number of carbonyl (C=O) groups is 1. The van der Waals surface area contributed by atoms with E-state index in [1.54, 1.807) is 12.3 Å². The van der Waals surface area contributed by atoms with Crippen molar-refractivity contribution in [1.82, 2.24) is 10.3 Å². The molecule has 5 nitrogen and oxygen atoms in total. The van der Waals surface area contributed by atoms with Crippen molar-refractivity contribution < 1.29 is 9.53 Å². The molecule has 1 heterocycles. The molecule has 0 saturated heterocycles. The van der Waals surface area contributed by atoms with Crippen LogP contribution in [0.2, 0.25) is 0 Å². The molecule has 5 heteroatoms. The molecule has 0 radical (unpaired) electrons. The van der Waals surface area contributed by atoms with E-state index in [1.165, 1.54) is 0 Å².